The highest BCUT2D eigenvalue weighted by Crippen LogP contribution is 2.28. The van der Waals surface area contributed by atoms with E-state index in [1.54, 1.807) is 14.2 Å². The lowest BCUT2D eigenvalue weighted by molar-refractivity contribution is -0.127. The van der Waals surface area contributed by atoms with E-state index in [1.165, 1.54) is 0 Å². The average molecular weight is 401 g/mol. The summed E-state index contributed by atoms with van der Waals surface area (Å²) in [6, 6.07) is 13.4. The molecular weight excluding hydrogens is 378 g/mol. The second kappa shape index (κ2) is 9.27. The number of rotatable bonds is 6. The van der Waals surface area contributed by atoms with E-state index in [0.717, 1.165) is 23.3 Å². The lowest BCUT2D eigenvalue weighted by Crippen LogP contribution is -2.51. The number of benzene rings is 2. The smallest absolute Gasteiger partial charge is 0.279 e. The van der Waals surface area contributed by atoms with Crippen molar-refractivity contribution < 1.29 is 19.0 Å². The van der Waals surface area contributed by atoms with Crippen LogP contribution in [0.3, 0.4) is 0 Å². The largest absolute Gasteiger partial charge is 0.493 e. The summed E-state index contributed by atoms with van der Waals surface area (Å²) in [6.45, 7) is 0.600. The quantitative estimate of drug-likeness (QED) is 0.503. The molecule has 1 atom stereocenters. The van der Waals surface area contributed by atoms with Crippen LogP contribution in [0.15, 0.2) is 42.5 Å². The number of carbonyl (C=O) groups excluding carboxylic acids is 1. The van der Waals surface area contributed by atoms with Crippen molar-refractivity contribution in [3.63, 3.8) is 0 Å². The van der Waals surface area contributed by atoms with Crippen LogP contribution in [0, 0.1) is 0 Å². The van der Waals surface area contributed by atoms with Crippen LogP contribution in [0.5, 0.6) is 17.2 Å². The molecule has 28 heavy (non-hydrogen) atoms. The van der Waals surface area contributed by atoms with Gasteiger partial charge in [-0.05, 0) is 48.0 Å². The van der Waals surface area contributed by atoms with Gasteiger partial charge in [0.1, 0.15) is 5.75 Å². The maximum absolute atomic E-state index is 12.2. The van der Waals surface area contributed by atoms with E-state index in [2.05, 4.69) is 16.2 Å². The molecule has 1 amide bonds. The van der Waals surface area contributed by atoms with Crippen molar-refractivity contribution in [3.8, 4) is 17.2 Å². The van der Waals surface area contributed by atoms with E-state index in [0.29, 0.717) is 29.6 Å². The molecule has 0 fully saturated rings. The second-order valence-electron chi connectivity index (χ2n) is 6.23. The van der Waals surface area contributed by atoms with Crippen LogP contribution in [-0.2, 0) is 17.6 Å². The number of ether oxygens (including phenoxy) is 3. The first-order chi connectivity index (χ1) is 13.6. The summed E-state index contributed by atoms with van der Waals surface area (Å²) < 4.78 is 16.2. The number of fused-ring (bicyclic) bond motifs is 1. The predicted octanol–water partition coefficient (Wildman–Crippen LogP) is 1.75. The lowest BCUT2D eigenvalue weighted by Gasteiger charge is -2.15. The number of amides is 1. The lowest BCUT2D eigenvalue weighted by atomic mass is 10.1. The number of hydrazine groups is 1. The number of methoxy groups -OCH3 is 2. The monoisotopic (exact) mass is 401 g/mol. The minimum atomic E-state index is -0.556. The Morgan fingerprint density at radius 3 is 2.68 bits per heavy atom. The van der Waals surface area contributed by atoms with E-state index in [-0.39, 0.29) is 5.91 Å². The summed E-state index contributed by atoms with van der Waals surface area (Å²) in [6.07, 6.45) is 0.722. The molecule has 2 aromatic carbocycles. The van der Waals surface area contributed by atoms with Gasteiger partial charge in [0.15, 0.2) is 22.7 Å². The Balaban J connectivity index is 1.39. The first-order valence-electron chi connectivity index (χ1n) is 8.90. The second-order valence-corrected chi connectivity index (χ2v) is 6.64. The molecule has 0 spiro atoms. The number of carbonyl (C=O) groups is 1. The fourth-order valence-corrected chi connectivity index (χ4v) is 3.08. The van der Waals surface area contributed by atoms with Crippen molar-refractivity contribution in [2.75, 3.05) is 20.8 Å². The Labute approximate surface area is 169 Å². The first-order valence-corrected chi connectivity index (χ1v) is 9.30. The highest BCUT2D eigenvalue weighted by molar-refractivity contribution is 7.80. The highest BCUT2D eigenvalue weighted by atomic mass is 32.1. The summed E-state index contributed by atoms with van der Waals surface area (Å²) in [5, 5.41) is 3.39. The Bertz CT molecular complexity index is 834. The van der Waals surface area contributed by atoms with Crippen LogP contribution < -0.4 is 30.4 Å². The Kier molecular flexibility index (Phi) is 6.54. The molecule has 2 aromatic rings. The van der Waals surface area contributed by atoms with Gasteiger partial charge in [-0.2, -0.15) is 0 Å². The zero-order valence-electron chi connectivity index (χ0n) is 15.8. The summed E-state index contributed by atoms with van der Waals surface area (Å²) in [4.78, 5) is 12.2. The molecule has 3 rings (SSSR count). The predicted molar refractivity (Wildman–Crippen MR) is 110 cm³/mol. The van der Waals surface area contributed by atoms with Gasteiger partial charge in [0.2, 0.25) is 0 Å². The highest BCUT2D eigenvalue weighted by Gasteiger charge is 2.28. The third-order valence-corrected chi connectivity index (χ3v) is 4.63. The minimum absolute atomic E-state index is 0.264. The van der Waals surface area contributed by atoms with Crippen molar-refractivity contribution >= 4 is 23.2 Å². The molecule has 0 saturated carbocycles. The normalized spacial score (nSPS) is 14.4. The van der Waals surface area contributed by atoms with Crippen molar-refractivity contribution in [3.05, 3.63) is 53.6 Å². The summed E-state index contributed by atoms with van der Waals surface area (Å²) >= 11 is 5.20. The molecule has 7 nitrogen and oxygen atoms in total. The van der Waals surface area contributed by atoms with Gasteiger partial charge in [-0.15, -0.1) is 0 Å². The maximum Gasteiger partial charge on any atom is 0.279 e. The van der Waals surface area contributed by atoms with Gasteiger partial charge in [0, 0.05) is 13.0 Å². The van der Waals surface area contributed by atoms with Crippen molar-refractivity contribution in [1.29, 1.82) is 0 Å². The Morgan fingerprint density at radius 2 is 1.93 bits per heavy atom. The van der Waals surface area contributed by atoms with Crippen molar-refractivity contribution in [1.82, 2.24) is 16.2 Å². The van der Waals surface area contributed by atoms with E-state index in [4.69, 9.17) is 26.4 Å². The van der Waals surface area contributed by atoms with E-state index in [1.807, 2.05) is 42.5 Å². The molecular formula is C20H23N3O4S. The van der Waals surface area contributed by atoms with Crippen LogP contribution in [0.4, 0.5) is 0 Å². The average Bonchev–Trinajstić information content (AvgIpc) is 3.16. The fraction of sp³-hybridized carbons (Fsp3) is 0.300. The van der Waals surface area contributed by atoms with Gasteiger partial charge >= 0.3 is 0 Å². The van der Waals surface area contributed by atoms with Crippen LogP contribution in [0.25, 0.3) is 0 Å². The fourth-order valence-electron chi connectivity index (χ4n) is 2.93. The molecule has 0 radical (unpaired) electrons. The molecule has 0 aliphatic carbocycles. The number of nitrogens with one attached hydrogen (secondary N) is 3. The van der Waals surface area contributed by atoms with Gasteiger partial charge in [0.25, 0.3) is 5.91 Å². The minimum Gasteiger partial charge on any atom is -0.493 e. The van der Waals surface area contributed by atoms with Crippen molar-refractivity contribution in [2.24, 2.45) is 0 Å². The van der Waals surface area contributed by atoms with E-state index < -0.39 is 6.10 Å². The van der Waals surface area contributed by atoms with E-state index >= 15 is 0 Å². The van der Waals surface area contributed by atoms with E-state index in [9.17, 15) is 4.79 Å². The molecule has 1 heterocycles. The molecule has 1 aliphatic rings. The van der Waals surface area contributed by atoms with Crippen molar-refractivity contribution in [2.45, 2.75) is 18.9 Å². The summed E-state index contributed by atoms with van der Waals surface area (Å²) in [5.41, 5.74) is 7.40. The Hall–Kier alpha value is -3.00. The third-order valence-electron chi connectivity index (χ3n) is 4.39. The summed E-state index contributed by atoms with van der Waals surface area (Å²) in [5.74, 6) is 1.86. The molecule has 3 N–H and O–H groups in total. The van der Waals surface area contributed by atoms with Gasteiger partial charge in [-0.1, -0.05) is 24.3 Å². The Morgan fingerprint density at radius 1 is 1.14 bits per heavy atom. The number of thiocarbonyl (C=S) groups is 1. The van der Waals surface area contributed by atoms with Crippen LogP contribution in [-0.4, -0.2) is 37.9 Å². The molecule has 0 bridgehead atoms. The van der Waals surface area contributed by atoms with Crippen LogP contribution in [0.2, 0.25) is 0 Å². The third kappa shape index (κ3) is 4.83. The zero-order valence-corrected chi connectivity index (χ0v) is 16.6. The SMILES string of the molecule is COc1ccc(CCNC(=S)NNC(=O)[C@H]2Cc3ccccc3O2)cc1OC. The summed E-state index contributed by atoms with van der Waals surface area (Å²) in [7, 11) is 3.21. The molecule has 148 valence electrons. The number of hydrogen-bond acceptors (Lipinski definition) is 5. The molecule has 8 heteroatoms. The molecule has 0 unspecified atom stereocenters. The van der Waals surface area contributed by atoms with Gasteiger partial charge in [-0.3, -0.25) is 15.6 Å². The molecule has 1 aliphatic heterocycles. The van der Waals surface area contributed by atoms with Gasteiger partial charge < -0.3 is 19.5 Å². The topological polar surface area (TPSA) is 80.9 Å². The van der Waals surface area contributed by atoms with Crippen LogP contribution in [0.1, 0.15) is 11.1 Å². The maximum atomic E-state index is 12.2. The van der Waals surface area contributed by atoms with Crippen LogP contribution >= 0.6 is 12.2 Å². The molecule has 0 aromatic heterocycles. The van der Waals surface area contributed by atoms with Gasteiger partial charge in [0.05, 0.1) is 14.2 Å². The zero-order chi connectivity index (χ0) is 19.9. The molecule has 0 saturated heterocycles. The van der Waals surface area contributed by atoms with Gasteiger partial charge in [-0.25, -0.2) is 0 Å². The first kappa shape index (κ1) is 19.8. The standard InChI is InChI=1S/C20H23N3O4S/c1-25-16-8-7-13(11-17(16)26-2)9-10-21-20(28)23-22-19(24)18-12-14-5-3-4-6-15(14)27-18/h3-8,11,18H,9-10,12H2,1-2H3,(H,22,24)(H2,21,23,28)/t18-/m1/s1. The number of hydrogen-bond donors (Lipinski definition) is 3. The number of para-hydroxylation sites is 1.